The number of fused-ring (bicyclic) bond motifs is 1. The number of para-hydroxylation sites is 1. The van der Waals surface area contributed by atoms with Gasteiger partial charge in [-0.1, -0.05) is 28.1 Å². The third-order valence-electron chi connectivity index (χ3n) is 5.37. The Kier molecular flexibility index (Phi) is 5.41. The highest BCUT2D eigenvalue weighted by Gasteiger charge is 2.23. The zero-order valence-electron chi connectivity index (χ0n) is 16.8. The van der Waals surface area contributed by atoms with Crippen LogP contribution in [0.2, 0.25) is 0 Å². The molecule has 5 rings (SSSR count). The Balaban J connectivity index is 1.41. The van der Waals surface area contributed by atoms with Crippen LogP contribution in [-0.4, -0.2) is 50.0 Å². The van der Waals surface area contributed by atoms with Crippen LogP contribution in [0.3, 0.4) is 0 Å². The van der Waals surface area contributed by atoms with Gasteiger partial charge in [0.1, 0.15) is 5.69 Å². The second kappa shape index (κ2) is 8.52. The predicted molar refractivity (Wildman–Crippen MR) is 123 cm³/mol. The Morgan fingerprint density at radius 3 is 2.78 bits per heavy atom. The van der Waals surface area contributed by atoms with Gasteiger partial charge >= 0.3 is 0 Å². The fourth-order valence-electron chi connectivity index (χ4n) is 3.80. The van der Waals surface area contributed by atoms with Crippen molar-refractivity contribution in [3.8, 4) is 11.4 Å². The molecular weight excluding hydrogens is 476 g/mol. The van der Waals surface area contributed by atoms with Gasteiger partial charge in [-0.05, 0) is 60.1 Å². The molecule has 3 heterocycles. The molecule has 0 radical (unpaired) electrons. The number of rotatable bonds is 5. The van der Waals surface area contributed by atoms with Gasteiger partial charge in [0.05, 0.1) is 22.9 Å². The minimum absolute atomic E-state index is 0.0734. The van der Waals surface area contributed by atoms with E-state index in [1.165, 1.54) is 0 Å². The first kappa shape index (κ1) is 20.3. The van der Waals surface area contributed by atoms with Gasteiger partial charge < -0.3 is 20.9 Å². The van der Waals surface area contributed by atoms with Gasteiger partial charge in [-0.15, -0.1) is 5.10 Å². The summed E-state index contributed by atoms with van der Waals surface area (Å²) in [5.74, 6) is 0.0338. The summed E-state index contributed by atoms with van der Waals surface area (Å²) in [5.41, 5.74) is 2.89. The molecule has 2 aromatic heterocycles. The SMILES string of the molecule is O=C(Nc1ccc(Br)cc1-c1nnn[nH]1)c1cc2cccc(NC(=O)[C@@H]3CCCN3)c2[nH]1. The number of carbonyl (C=O) groups excluding carboxylic acids is 2. The van der Waals surface area contributed by atoms with Gasteiger partial charge in [-0.25, -0.2) is 5.10 Å². The number of anilines is 2. The fraction of sp³-hybridized carbons (Fsp3) is 0.190. The van der Waals surface area contributed by atoms with Crippen molar-refractivity contribution in [1.29, 1.82) is 0 Å². The van der Waals surface area contributed by atoms with E-state index < -0.39 is 0 Å². The Morgan fingerprint density at radius 1 is 1.09 bits per heavy atom. The van der Waals surface area contributed by atoms with Gasteiger partial charge in [-0.3, -0.25) is 9.59 Å². The number of nitrogens with zero attached hydrogens (tertiary/aromatic N) is 3. The molecule has 5 N–H and O–H groups in total. The number of halogens is 1. The summed E-state index contributed by atoms with van der Waals surface area (Å²) < 4.78 is 0.824. The number of H-pyrrole nitrogens is 2. The molecule has 32 heavy (non-hydrogen) atoms. The zero-order chi connectivity index (χ0) is 22.1. The second-order valence-electron chi connectivity index (χ2n) is 7.48. The summed E-state index contributed by atoms with van der Waals surface area (Å²) in [7, 11) is 0. The van der Waals surface area contributed by atoms with Gasteiger partial charge in [0.25, 0.3) is 5.91 Å². The van der Waals surface area contributed by atoms with Crippen LogP contribution in [0, 0.1) is 0 Å². The first-order valence-corrected chi connectivity index (χ1v) is 10.9. The Bertz CT molecular complexity index is 1290. The number of carbonyl (C=O) groups is 2. The number of aromatic nitrogens is 5. The van der Waals surface area contributed by atoms with Crippen LogP contribution in [0.25, 0.3) is 22.3 Å². The Morgan fingerprint density at radius 2 is 2.00 bits per heavy atom. The number of tetrazole rings is 1. The van der Waals surface area contributed by atoms with E-state index >= 15 is 0 Å². The van der Waals surface area contributed by atoms with Crippen molar-refractivity contribution >= 4 is 50.0 Å². The van der Waals surface area contributed by atoms with E-state index in [0.717, 1.165) is 29.2 Å². The largest absolute Gasteiger partial charge is 0.349 e. The molecule has 1 atom stereocenters. The Labute approximate surface area is 190 Å². The number of hydrogen-bond donors (Lipinski definition) is 5. The lowest BCUT2D eigenvalue weighted by Gasteiger charge is -2.11. The lowest BCUT2D eigenvalue weighted by Crippen LogP contribution is -2.35. The lowest BCUT2D eigenvalue weighted by molar-refractivity contribution is -0.117. The first-order valence-electron chi connectivity index (χ1n) is 10.1. The molecule has 0 unspecified atom stereocenters. The molecule has 1 aliphatic heterocycles. The minimum Gasteiger partial charge on any atom is -0.349 e. The minimum atomic E-state index is -0.327. The maximum atomic E-state index is 13.0. The second-order valence-corrected chi connectivity index (χ2v) is 8.40. The maximum Gasteiger partial charge on any atom is 0.272 e. The van der Waals surface area contributed by atoms with Crippen molar-refractivity contribution in [2.45, 2.75) is 18.9 Å². The van der Waals surface area contributed by atoms with Gasteiger partial charge in [-0.2, -0.15) is 0 Å². The molecule has 0 bridgehead atoms. The third kappa shape index (κ3) is 3.99. The van der Waals surface area contributed by atoms with Crippen LogP contribution in [0.15, 0.2) is 46.9 Å². The van der Waals surface area contributed by atoms with E-state index in [0.29, 0.717) is 34.0 Å². The monoisotopic (exact) mass is 494 g/mol. The van der Waals surface area contributed by atoms with Crippen molar-refractivity contribution in [3.05, 3.63) is 52.6 Å². The smallest absolute Gasteiger partial charge is 0.272 e. The van der Waals surface area contributed by atoms with Crippen molar-refractivity contribution in [1.82, 2.24) is 30.9 Å². The summed E-state index contributed by atoms with van der Waals surface area (Å²) >= 11 is 3.43. The summed E-state index contributed by atoms with van der Waals surface area (Å²) in [4.78, 5) is 28.7. The fourth-order valence-corrected chi connectivity index (χ4v) is 4.16. The third-order valence-corrected chi connectivity index (χ3v) is 5.86. The number of amides is 2. The van der Waals surface area contributed by atoms with Crippen molar-refractivity contribution in [2.75, 3.05) is 17.2 Å². The topological polar surface area (TPSA) is 140 Å². The van der Waals surface area contributed by atoms with E-state index in [-0.39, 0.29) is 17.9 Å². The van der Waals surface area contributed by atoms with E-state index in [1.807, 2.05) is 30.3 Å². The highest BCUT2D eigenvalue weighted by Crippen LogP contribution is 2.29. The molecule has 0 spiro atoms. The molecule has 1 saturated heterocycles. The molecule has 0 saturated carbocycles. The van der Waals surface area contributed by atoms with E-state index in [1.54, 1.807) is 12.1 Å². The van der Waals surface area contributed by atoms with Crippen LogP contribution in [0.1, 0.15) is 23.3 Å². The van der Waals surface area contributed by atoms with Gasteiger partial charge in [0, 0.05) is 15.4 Å². The molecule has 10 nitrogen and oxygen atoms in total. The standard InChI is InChI=1S/C21H19BrN8O2/c22-12-6-7-14(13(10-12)19-27-29-30-28-19)25-21(32)17-9-11-3-1-4-15(18(11)24-17)26-20(31)16-5-2-8-23-16/h1,3-4,6-7,9-10,16,23-24H,2,5,8H2,(H,25,32)(H,26,31)(H,27,28,29,30)/t16-/m0/s1. The summed E-state index contributed by atoms with van der Waals surface area (Å²) in [6.45, 7) is 0.845. The van der Waals surface area contributed by atoms with Crippen LogP contribution in [-0.2, 0) is 4.79 Å². The van der Waals surface area contributed by atoms with E-state index in [2.05, 4.69) is 57.5 Å². The average molecular weight is 495 g/mol. The molecular formula is C21H19BrN8O2. The maximum absolute atomic E-state index is 13.0. The van der Waals surface area contributed by atoms with Crippen molar-refractivity contribution in [2.24, 2.45) is 0 Å². The normalized spacial score (nSPS) is 15.7. The molecule has 2 aromatic carbocycles. The van der Waals surface area contributed by atoms with Crippen LogP contribution >= 0.6 is 15.9 Å². The summed E-state index contributed by atoms with van der Waals surface area (Å²) in [6, 6.07) is 12.5. The predicted octanol–water partition coefficient (Wildman–Crippen LogP) is 3.05. The number of nitrogens with one attached hydrogen (secondary N) is 5. The number of hydrogen-bond acceptors (Lipinski definition) is 6. The number of aromatic amines is 2. The van der Waals surface area contributed by atoms with Crippen LogP contribution in [0.4, 0.5) is 11.4 Å². The zero-order valence-corrected chi connectivity index (χ0v) is 18.4. The molecule has 2 amide bonds. The van der Waals surface area contributed by atoms with Crippen molar-refractivity contribution in [3.63, 3.8) is 0 Å². The molecule has 162 valence electrons. The highest BCUT2D eigenvalue weighted by molar-refractivity contribution is 9.10. The van der Waals surface area contributed by atoms with Crippen LogP contribution in [0.5, 0.6) is 0 Å². The Hall–Kier alpha value is -3.57. The van der Waals surface area contributed by atoms with E-state index in [9.17, 15) is 9.59 Å². The molecule has 1 fully saturated rings. The molecule has 11 heteroatoms. The van der Waals surface area contributed by atoms with Gasteiger partial charge in [0.15, 0.2) is 5.82 Å². The highest BCUT2D eigenvalue weighted by atomic mass is 79.9. The van der Waals surface area contributed by atoms with Gasteiger partial charge in [0.2, 0.25) is 5.91 Å². The molecule has 0 aliphatic carbocycles. The summed E-state index contributed by atoms with van der Waals surface area (Å²) in [5, 5.41) is 23.7. The number of benzene rings is 2. The van der Waals surface area contributed by atoms with Crippen LogP contribution < -0.4 is 16.0 Å². The quantitative estimate of drug-likeness (QED) is 0.288. The van der Waals surface area contributed by atoms with Crippen molar-refractivity contribution < 1.29 is 9.59 Å². The lowest BCUT2D eigenvalue weighted by atomic mass is 10.1. The van der Waals surface area contributed by atoms with E-state index in [4.69, 9.17) is 0 Å². The molecule has 1 aliphatic rings. The first-order chi connectivity index (χ1) is 15.6. The average Bonchev–Trinajstić information content (AvgIpc) is 3.56. The molecule has 4 aromatic rings. The summed E-state index contributed by atoms with van der Waals surface area (Å²) in [6.07, 6.45) is 1.80.